The van der Waals surface area contributed by atoms with Gasteiger partial charge in [0.25, 0.3) is 0 Å². The summed E-state index contributed by atoms with van der Waals surface area (Å²) in [5.74, 6) is -0.923. The molecule has 1 aliphatic rings. The highest BCUT2D eigenvalue weighted by atomic mass is 16.6. The highest BCUT2D eigenvalue weighted by Crippen LogP contribution is 2.20. The Morgan fingerprint density at radius 3 is 2.40 bits per heavy atom. The maximum atomic E-state index is 12.2. The first-order valence-corrected chi connectivity index (χ1v) is 10.5. The molecule has 0 bridgehead atoms. The van der Waals surface area contributed by atoms with Gasteiger partial charge < -0.3 is 14.7 Å². The van der Waals surface area contributed by atoms with Crippen LogP contribution in [0.4, 0.5) is 4.79 Å². The van der Waals surface area contributed by atoms with Crippen molar-refractivity contribution in [2.75, 3.05) is 32.7 Å². The lowest BCUT2D eigenvalue weighted by Crippen LogP contribution is -2.50. The zero-order chi connectivity index (χ0) is 21.9. The van der Waals surface area contributed by atoms with Gasteiger partial charge in [-0.25, -0.2) is 9.59 Å². The maximum absolute atomic E-state index is 12.2. The van der Waals surface area contributed by atoms with Gasteiger partial charge in [0.1, 0.15) is 5.60 Å². The number of unbranched alkanes of at least 4 members (excludes halogenated alkanes) is 1. The largest absolute Gasteiger partial charge is 0.478 e. The molecular formula is C22H32N4O4. The van der Waals surface area contributed by atoms with Crippen molar-refractivity contribution in [1.29, 1.82) is 0 Å². The second-order valence-corrected chi connectivity index (χ2v) is 8.86. The van der Waals surface area contributed by atoms with Crippen LogP contribution in [0.2, 0.25) is 0 Å². The van der Waals surface area contributed by atoms with Crippen molar-refractivity contribution in [3.63, 3.8) is 0 Å². The number of hydrogen-bond acceptors (Lipinski definition) is 5. The van der Waals surface area contributed by atoms with Gasteiger partial charge in [-0.1, -0.05) is 6.07 Å². The fourth-order valence-electron chi connectivity index (χ4n) is 3.72. The smallest absolute Gasteiger partial charge is 0.410 e. The Morgan fingerprint density at radius 2 is 1.77 bits per heavy atom. The number of rotatable bonds is 6. The number of aromatic nitrogens is 2. The van der Waals surface area contributed by atoms with Gasteiger partial charge in [-0.3, -0.25) is 9.58 Å². The van der Waals surface area contributed by atoms with Gasteiger partial charge in [-0.15, -0.1) is 0 Å². The Labute approximate surface area is 177 Å². The molecule has 1 aromatic heterocycles. The van der Waals surface area contributed by atoms with Crippen LogP contribution in [0, 0.1) is 6.92 Å². The molecule has 3 rings (SSSR count). The summed E-state index contributed by atoms with van der Waals surface area (Å²) >= 11 is 0. The van der Waals surface area contributed by atoms with Gasteiger partial charge in [0.2, 0.25) is 0 Å². The summed E-state index contributed by atoms with van der Waals surface area (Å²) in [5, 5.41) is 14.8. The van der Waals surface area contributed by atoms with Gasteiger partial charge in [-0.2, -0.15) is 5.10 Å². The molecule has 8 nitrogen and oxygen atoms in total. The number of aromatic carboxylic acids is 1. The predicted octanol–water partition coefficient (Wildman–Crippen LogP) is 3.38. The van der Waals surface area contributed by atoms with E-state index in [1.165, 1.54) is 0 Å². The van der Waals surface area contributed by atoms with Gasteiger partial charge in [0, 0.05) is 38.1 Å². The van der Waals surface area contributed by atoms with Crippen molar-refractivity contribution in [2.24, 2.45) is 0 Å². The van der Waals surface area contributed by atoms with E-state index in [9.17, 15) is 14.7 Å². The fourth-order valence-corrected chi connectivity index (χ4v) is 3.72. The zero-order valence-corrected chi connectivity index (χ0v) is 18.3. The number of amides is 1. The van der Waals surface area contributed by atoms with E-state index in [-0.39, 0.29) is 11.7 Å². The van der Waals surface area contributed by atoms with Crippen molar-refractivity contribution in [2.45, 2.75) is 52.7 Å². The molecule has 0 atom stereocenters. The van der Waals surface area contributed by atoms with Crippen LogP contribution in [0.1, 0.15) is 49.7 Å². The predicted molar refractivity (Wildman–Crippen MR) is 115 cm³/mol. The van der Waals surface area contributed by atoms with Crippen LogP contribution in [0.5, 0.6) is 0 Å². The molecule has 164 valence electrons. The topological polar surface area (TPSA) is 87.9 Å². The molecule has 1 N–H and O–H groups in total. The average Bonchev–Trinajstić information content (AvgIpc) is 2.99. The lowest BCUT2D eigenvalue weighted by atomic mass is 10.1. The number of carboxylic acid groups (broad SMARTS) is 1. The van der Waals surface area contributed by atoms with E-state index >= 15 is 0 Å². The van der Waals surface area contributed by atoms with Crippen LogP contribution >= 0.6 is 0 Å². The first-order chi connectivity index (χ1) is 14.1. The molecule has 0 aliphatic carbocycles. The number of carbonyl (C=O) groups is 2. The minimum Gasteiger partial charge on any atom is -0.478 e. The number of piperazine rings is 1. The van der Waals surface area contributed by atoms with Crippen LogP contribution in [-0.4, -0.2) is 75.1 Å². The van der Waals surface area contributed by atoms with Crippen LogP contribution in [0.15, 0.2) is 18.2 Å². The lowest BCUT2D eigenvalue weighted by Gasteiger charge is -2.35. The number of benzene rings is 1. The second-order valence-electron chi connectivity index (χ2n) is 8.86. The van der Waals surface area contributed by atoms with E-state index in [0.717, 1.165) is 55.6 Å². The number of carboxylic acids is 1. The van der Waals surface area contributed by atoms with Crippen LogP contribution < -0.4 is 0 Å². The number of carbonyl (C=O) groups excluding carboxylic acids is 1. The van der Waals surface area contributed by atoms with E-state index in [4.69, 9.17) is 4.74 Å². The van der Waals surface area contributed by atoms with Gasteiger partial charge in [0.15, 0.2) is 0 Å². The molecule has 0 radical (unpaired) electrons. The molecule has 8 heteroatoms. The number of nitrogens with zero attached hydrogens (tertiary/aromatic N) is 4. The van der Waals surface area contributed by atoms with Crippen LogP contribution in [-0.2, 0) is 11.3 Å². The minimum atomic E-state index is -0.923. The van der Waals surface area contributed by atoms with E-state index in [1.807, 2.05) is 38.4 Å². The van der Waals surface area contributed by atoms with Crippen molar-refractivity contribution < 1.29 is 19.4 Å². The summed E-state index contributed by atoms with van der Waals surface area (Å²) in [6.45, 7) is 12.4. The number of aryl methyl sites for hydroxylation is 2. The Hall–Kier alpha value is -2.61. The molecule has 0 unspecified atom stereocenters. The molecule has 1 aromatic carbocycles. The molecule has 1 aliphatic heterocycles. The molecule has 1 fully saturated rings. The van der Waals surface area contributed by atoms with Crippen molar-refractivity contribution in [1.82, 2.24) is 19.6 Å². The number of ether oxygens (including phenoxy) is 1. The van der Waals surface area contributed by atoms with Gasteiger partial charge >= 0.3 is 12.1 Å². The molecule has 30 heavy (non-hydrogen) atoms. The van der Waals surface area contributed by atoms with Gasteiger partial charge in [-0.05, 0) is 59.2 Å². The summed E-state index contributed by atoms with van der Waals surface area (Å²) in [5.41, 5.74) is 1.61. The Bertz CT molecular complexity index is 908. The monoisotopic (exact) mass is 416 g/mol. The second kappa shape index (κ2) is 9.04. The third kappa shape index (κ3) is 5.50. The maximum Gasteiger partial charge on any atom is 0.410 e. The first kappa shape index (κ1) is 22.1. The average molecular weight is 417 g/mol. The Balaban J connectivity index is 1.45. The molecule has 0 saturated carbocycles. The zero-order valence-electron chi connectivity index (χ0n) is 18.3. The molecular weight excluding hydrogens is 384 g/mol. The molecule has 1 saturated heterocycles. The fraction of sp³-hybridized carbons (Fsp3) is 0.591. The highest BCUT2D eigenvalue weighted by Gasteiger charge is 2.25. The van der Waals surface area contributed by atoms with Crippen molar-refractivity contribution in [3.8, 4) is 0 Å². The van der Waals surface area contributed by atoms with Crippen molar-refractivity contribution >= 4 is 23.0 Å². The SMILES string of the molecule is Cc1nn(CCCCN2CCN(C(=O)OC(C)(C)C)CC2)c2cc(C(=O)O)ccc12. The normalized spacial score (nSPS) is 15.5. The molecule has 0 spiro atoms. The molecule has 2 heterocycles. The lowest BCUT2D eigenvalue weighted by molar-refractivity contribution is 0.0144. The van der Waals surface area contributed by atoms with Crippen LogP contribution in [0.3, 0.4) is 0 Å². The number of fused-ring (bicyclic) bond motifs is 1. The summed E-state index contributed by atoms with van der Waals surface area (Å²) in [6.07, 6.45) is 1.74. The number of hydrogen-bond donors (Lipinski definition) is 1. The first-order valence-electron chi connectivity index (χ1n) is 10.5. The van der Waals surface area contributed by atoms with Crippen LogP contribution in [0.25, 0.3) is 10.9 Å². The molecule has 2 aromatic rings. The third-order valence-corrected chi connectivity index (χ3v) is 5.30. The summed E-state index contributed by atoms with van der Waals surface area (Å²) in [4.78, 5) is 27.6. The highest BCUT2D eigenvalue weighted by molar-refractivity contribution is 5.93. The summed E-state index contributed by atoms with van der Waals surface area (Å²) in [7, 11) is 0. The van der Waals surface area contributed by atoms with Crippen molar-refractivity contribution in [3.05, 3.63) is 29.5 Å². The minimum absolute atomic E-state index is 0.233. The summed E-state index contributed by atoms with van der Waals surface area (Å²) in [6, 6.07) is 5.16. The summed E-state index contributed by atoms with van der Waals surface area (Å²) < 4.78 is 7.36. The molecule has 1 amide bonds. The van der Waals surface area contributed by atoms with E-state index in [0.29, 0.717) is 13.1 Å². The standard InChI is InChI=1S/C22H32N4O4/c1-16-18-8-7-17(20(27)28)15-19(18)26(23-16)10-6-5-9-24-11-13-25(14-12-24)21(29)30-22(2,3)4/h7-8,15H,5-6,9-14H2,1-4H3,(H,27,28). The third-order valence-electron chi connectivity index (χ3n) is 5.30. The Morgan fingerprint density at radius 1 is 1.10 bits per heavy atom. The Kier molecular flexibility index (Phi) is 6.65. The van der Waals surface area contributed by atoms with E-state index in [1.54, 1.807) is 17.0 Å². The van der Waals surface area contributed by atoms with E-state index < -0.39 is 11.6 Å². The quantitative estimate of drug-likeness (QED) is 0.727. The van der Waals surface area contributed by atoms with E-state index in [2.05, 4.69) is 10.00 Å². The van der Waals surface area contributed by atoms with Gasteiger partial charge in [0.05, 0.1) is 16.8 Å².